The second kappa shape index (κ2) is 7.06. The third-order valence-corrected chi connectivity index (χ3v) is 5.09. The van der Waals surface area contributed by atoms with Crippen molar-refractivity contribution in [2.24, 2.45) is 0 Å². The van der Waals surface area contributed by atoms with E-state index in [-0.39, 0.29) is 23.0 Å². The average Bonchev–Trinajstić information content (AvgIpc) is 2.91. The lowest BCUT2D eigenvalue weighted by Crippen LogP contribution is -2.15. The number of fused-ring (bicyclic) bond motifs is 1. The summed E-state index contributed by atoms with van der Waals surface area (Å²) in [6.45, 7) is 1.94. The summed E-state index contributed by atoms with van der Waals surface area (Å²) in [4.78, 5) is 32.8. The van der Waals surface area contributed by atoms with Crippen LogP contribution >= 0.6 is 23.1 Å². The molecule has 8 heteroatoms. The molecule has 0 aliphatic heterocycles. The van der Waals surface area contributed by atoms with Gasteiger partial charge in [0.25, 0.3) is 5.56 Å². The number of phenolic OH excluding ortho intramolecular Hbond substituents is 1. The Hall–Kier alpha value is -2.32. The van der Waals surface area contributed by atoms with E-state index in [4.69, 9.17) is 0 Å². The Morgan fingerprint density at radius 1 is 1.38 bits per heavy atom. The Morgan fingerprint density at radius 2 is 2.12 bits per heavy atom. The Labute approximate surface area is 145 Å². The molecule has 0 aliphatic carbocycles. The molecule has 24 heavy (non-hydrogen) atoms. The Kier molecular flexibility index (Phi) is 4.86. The van der Waals surface area contributed by atoms with Crippen LogP contribution < -0.4 is 10.9 Å². The van der Waals surface area contributed by atoms with Gasteiger partial charge in [-0.3, -0.25) is 9.59 Å². The van der Waals surface area contributed by atoms with Gasteiger partial charge < -0.3 is 15.4 Å². The SMILES string of the molecule is Cc1cc2c(=O)[nH]c(CSCC(=O)Nc3ccc(O)cc3)nc2s1. The van der Waals surface area contributed by atoms with Crippen molar-refractivity contribution in [2.75, 3.05) is 11.1 Å². The van der Waals surface area contributed by atoms with Gasteiger partial charge >= 0.3 is 0 Å². The number of hydrogen-bond acceptors (Lipinski definition) is 6. The lowest BCUT2D eigenvalue weighted by molar-refractivity contribution is -0.113. The number of phenols is 1. The van der Waals surface area contributed by atoms with Gasteiger partial charge in [-0.05, 0) is 37.3 Å². The minimum Gasteiger partial charge on any atom is -0.508 e. The van der Waals surface area contributed by atoms with E-state index in [0.717, 1.165) is 9.71 Å². The van der Waals surface area contributed by atoms with Gasteiger partial charge in [-0.25, -0.2) is 4.98 Å². The van der Waals surface area contributed by atoms with Gasteiger partial charge in [-0.1, -0.05) is 0 Å². The summed E-state index contributed by atoms with van der Waals surface area (Å²) in [5.74, 6) is 1.26. The summed E-state index contributed by atoms with van der Waals surface area (Å²) in [6, 6.07) is 8.10. The summed E-state index contributed by atoms with van der Waals surface area (Å²) in [5.41, 5.74) is 0.480. The Balaban J connectivity index is 1.57. The number of carbonyl (C=O) groups is 1. The minimum absolute atomic E-state index is 0.145. The molecule has 0 atom stereocenters. The molecule has 3 aromatic rings. The predicted octanol–water partition coefficient (Wildman–Crippen LogP) is 2.87. The number of aromatic amines is 1. The number of nitrogens with zero attached hydrogens (tertiary/aromatic N) is 1. The molecule has 0 saturated heterocycles. The van der Waals surface area contributed by atoms with Crippen molar-refractivity contribution in [3.05, 3.63) is 51.4 Å². The number of carbonyl (C=O) groups excluding carboxylic acids is 1. The molecule has 0 bridgehead atoms. The summed E-state index contributed by atoms with van der Waals surface area (Å²) < 4.78 is 0. The maximum absolute atomic E-state index is 12.0. The summed E-state index contributed by atoms with van der Waals surface area (Å²) in [6.07, 6.45) is 0. The molecule has 6 nitrogen and oxygen atoms in total. The maximum atomic E-state index is 12.0. The van der Waals surface area contributed by atoms with E-state index in [2.05, 4.69) is 15.3 Å². The second-order valence-corrected chi connectivity index (χ2v) is 7.40. The van der Waals surface area contributed by atoms with Crippen molar-refractivity contribution >= 4 is 44.9 Å². The number of nitrogens with one attached hydrogen (secondary N) is 2. The van der Waals surface area contributed by atoms with Gasteiger partial charge in [0, 0.05) is 10.6 Å². The van der Waals surface area contributed by atoms with Crippen LogP contribution in [0.2, 0.25) is 0 Å². The van der Waals surface area contributed by atoms with Crippen molar-refractivity contribution in [1.82, 2.24) is 9.97 Å². The molecule has 3 N–H and O–H groups in total. The second-order valence-electron chi connectivity index (χ2n) is 5.18. The zero-order chi connectivity index (χ0) is 17.1. The third-order valence-electron chi connectivity index (χ3n) is 3.20. The zero-order valence-electron chi connectivity index (χ0n) is 12.8. The Bertz CT molecular complexity index is 932. The summed E-state index contributed by atoms with van der Waals surface area (Å²) in [5, 5.41) is 12.6. The number of thiophene rings is 1. The van der Waals surface area contributed by atoms with E-state index in [9.17, 15) is 14.7 Å². The topological polar surface area (TPSA) is 95.1 Å². The monoisotopic (exact) mass is 361 g/mol. The number of benzene rings is 1. The average molecular weight is 361 g/mol. The van der Waals surface area contributed by atoms with E-state index in [1.54, 1.807) is 12.1 Å². The number of rotatable bonds is 5. The quantitative estimate of drug-likeness (QED) is 0.608. The number of amides is 1. The highest BCUT2D eigenvalue weighted by molar-refractivity contribution is 7.99. The predicted molar refractivity (Wildman–Crippen MR) is 97.9 cm³/mol. The lowest BCUT2D eigenvalue weighted by atomic mass is 10.3. The van der Waals surface area contributed by atoms with Crippen LogP contribution in [0.15, 0.2) is 35.1 Å². The molecule has 2 heterocycles. The minimum atomic E-state index is -0.152. The summed E-state index contributed by atoms with van der Waals surface area (Å²) >= 11 is 2.85. The first-order valence-corrected chi connectivity index (χ1v) is 9.14. The molecule has 0 unspecified atom stereocenters. The highest BCUT2D eigenvalue weighted by atomic mass is 32.2. The van der Waals surface area contributed by atoms with Crippen LogP contribution in [-0.2, 0) is 10.5 Å². The van der Waals surface area contributed by atoms with Gasteiger partial charge in [-0.15, -0.1) is 23.1 Å². The standard InChI is InChI=1S/C16H15N3O3S2/c1-9-6-12-15(22)18-13(19-16(12)24-9)7-23-8-14(21)17-10-2-4-11(20)5-3-10/h2-6,20H,7-8H2,1H3,(H,17,21)(H,18,19,22). The highest BCUT2D eigenvalue weighted by Gasteiger charge is 2.08. The maximum Gasteiger partial charge on any atom is 0.259 e. The molecule has 1 amide bonds. The molecule has 0 saturated carbocycles. The van der Waals surface area contributed by atoms with E-state index >= 15 is 0 Å². The van der Waals surface area contributed by atoms with Crippen LogP contribution in [0.25, 0.3) is 10.2 Å². The van der Waals surface area contributed by atoms with Gasteiger partial charge in [0.1, 0.15) is 16.4 Å². The van der Waals surface area contributed by atoms with Gasteiger partial charge in [0.15, 0.2) is 0 Å². The van der Waals surface area contributed by atoms with Crippen LogP contribution in [0, 0.1) is 6.92 Å². The smallest absolute Gasteiger partial charge is 0.259 e. The van der Waals surface area contributed by atoms with Gasteiger partial charge in [0.05, 0.1) is 16.9 Å². The lowest BCUT2D eigenvalue weighted by Gasteiger charge is -2.05. The fourth-order valence-corrected chi connectivity index (χ4v) is 3.74. The molecule has 0 spiro atoms. The molecule has 2 aromatic heterocycles. The molecule has 124 valence electrons. The van der Waals surface area contributed by atoms with E-state index in [1.165, 1.54) is 35.2 Å². The molecule has 3 rings (SSSR count). The molecule has 1 aromatic carbocycles. The molecule has 0 radical (unpaired) electrons. The van der Waals surface area contributed by atoms with Crippen LogP contribution in [0.1, 0.15) is 10.7 Å². The largest absolute Gasteiger partial charge is 0.508 e. The van der Waals surface area contributed by atoms with Crippen LogP contribution in [0.3, 0.4) is 0 Å². The molecule has 0 aliphatic rings. The van der Waals surface area contributed by atoms with Crippen LogP contribution in [-0.4, -0.2) is 26.7 Å². The van der Waals surface area contributed by atoms with Crippen molar-refractivity contribution in [3.63, 3.8) is 0 Å². The van der Waals surface area contributed by atoms with Gasteiger partial charge in [0.2, 0.25) is 5.91 Å². The third kappa shape index (κ3) is 3.95. The van der Waals surface area contributed by atoms with Crippen molar-refractivity contribution in [1.29, 1.82) is 0 Å². The van der Waals surface area contributed by atoms with Crippen LogP contribution in [0.4, 0.5) is 5.69 Å². The normalized spacial score (nSPS) is 10.9. The number of thioether (sulfide) groups is 1. The first-order chi connectivity index (χ1) is 11.5. The number of aromatic hydroxyl groups is 1. The molecular formula is C16H15N3O3S2. The first kappa shape index (κ1) is 16.5. The number of H-pyrrole nitrogens is 1. The number of aryl methyl sites for hydroxylation is 1. The van der Waals surface area contributed by atoms with Crippen molar-refractivity contribution in [3.8, 4) is 5.75 Å². The number of hydrogen-bond donors (Lipinski definition) is 3. The van der Waals surface area contributed by atoms with Crippen LogP contribution in [0.5, 0.6) is 5.75 Å². The van der Waals surface area contributed by atoms with Gasteiger partial charge in [-0.2, -0.15) is 0 Å². The number of anilines is 1. The van der Waals surface area contributed by atoms with E-state index in [0.29, 0.717) is 22.7 Å². The highest BCUT2D eigenvalue weighted by Crippen LogP contribution is 2.21. The fraction of sp³-hybridized carbons (Fsp3) is 0.188. The Morgan fingerprint density at radius 3 is 2.88 bits per heavy atom. The molecular weight excluding hydrogens is 346 g/mol. The zero-order valence-corrected chi connectivity index (χ0v) is 14.5. The van der Waals surface area contributed by atoms with E-state index in [1.807, 2.05) is 13.0 Å². The summed E-state index contributed by atoms with van der Waals surface area (Å²) in [7, 11) is 0. The van der Waals surface area contributed by atoms with Crippen molar-refractivity contribution in [2.45, 2.75) is 12.7 Å². The first-order valence-electron chi connectivity index (χ1n) is 7.17. The number of aromatic nitrogens is 2. The van der Waals surface area contributed by atoms with E-state index < -0.39 is 0 Å². The fourth-order valence-electron chi connectivity index (χ4n) is 2.15. The van der Waals surface area contributed by atoms with Crippen molar-refractivity contribution < 1.29 is 9.90 Å². The molecule has 0 fully saturated rings.